The van der Waals surface area contributed by atoms with Crippen molar-refractivity contribution in [2.75, 3.05) is 23.8 Å². The van der Waals surface area contributed by atoms with Crippen LogP contribution in [0, 0.1) is 0 Å². The maximum Gasteiger partial charge on any atom is 0.153 e. The topological polar surface area (TPSA) is 41.1 Å². The number of para-hydroxylation sites is 1. The predicted octanol–water partition coefficient (Wildman–Crippen LogP) is 2.60. The molecule has 1 aromatic heterocycles. The first-order chi connectivity index (χ1) is 8.88. The summed E-state index contributed by atoms with van der Waals surface area (Å²) in [4.78, 5) is 11.0. The molecule has 2 heterocycles. The highest BCUT2D eigenvalue weighted by atomic mass is 15.2. The number of benzene rings is 1. The van der Waals surface area contributed by atoms with Crippen LogP contribution in [0.3, 0.4) is 0 Å². The number of anilines is 3. The molecule has 0 atom stereocenters. The van der Waals surface area contributed by atoms with Gasteiger partial charge in [0.1, 0.15) is 5.82 Å². The largest absolute Gasteiger partial charge is 0.372 e. The molecule has 0 radical (unpaired) electrons. The Kier molecular flexibility index (Phi) is 2.84. The Bertz CT molecular complexity index is 553. The smallest absolute Gasteiger partial charge is 0.153 e. The highest BCUT2D eigenvalue weighted by Gasteiger charge is 2.18. The average Bonchev–Trinajstić information content (AvgIpc) is 2.47. The highest BCUT2D eigenvalue weighted by Crippen LogP contribution is 2.32. The molecule has 0 unspecified atom stereocenters. The van der Waals surface area contributed by atoms with Crippen LogP contribution in [0.25, 0.3) is 0 Å². The number of nitrogens with one attached hydrogen (secondary N) is 1. The van der Waals surface area contributed by atoms with Gasteiger partial charge in [-0.1, -0.05) is 18.2 Å². The van der Waals surface area contributed by atoms with Crippen molar-refractivity contribution in [3.05, 3.63) is 42.2 Å². The normalized spacial score (nSPS) is 14.2. The van der Waals surface area contributed by atoms with Gasteiger partial charge in [0.15, 0.2) is 5.82 Å². The van der Waals surface area contributed by atoms with Crippen molar-refractivity contribution in [3.8, 4) is 0 Å². The summed E-state index contributed by atoms with van der Waals surface area (Å²) in [6.45, 7) is 0.999. The van der Waals surface area contributed by atoms with E-state index in [4.69, 9.17) is 0 Å². The van der Waals surface area contributed by atoms with Gasteiger partial charge in [0.2, 0.25) is 0 Å². The van der Waals surface area contributed by atoms with Crippen LogP contribution in [0.15, 0.2) is 36.7 Å². The Morgan fingerprint density at radius 2 is 2.11 bits per heavy atom. The third-order valence-corrected chi connectivity index (χ3v) is 3.26. The summed E-state index contributed by atoms with van der Waals surface area (Å²) in [6, 6.07) is 8.52. The number of hydrogen-bond acceptors (Lipinski definition) is 4. The van der Waals surface area contributed by atoms with E-state index in [2.05, 4.69) is 44.5 Å². The van der Waals surface area contributed by atoms with Crippen LogP contribution in [-0.2, 0) is 6.42 Å². The number of aromatic nitrogens is 2. The standard InChI is InChI=1S/C14H16N4/c1-15-13-9-16-10-14(17-13)18-8-4-6-11-5-2-3-7-12(11)18/h2-3,5,7,9-10H,4,6,8H2,1H3,(H,15,17). The summed E-state index contributed by atoms with van der Waals surface area (Å²) in [5.41, 5.74) is 2.65. The lowest BCUT2D eigenvalue weighted by molar-refractivity contribution is 0.758. The Morgan fingerprint density at radius 3 is 3.00 bits per heavy atom. The molecule has 1 N–H and O–H groups in total. The molecule has 92 valence electrons. The third-order valence-electron chi connectivity index (χ3n) is 3.26. The van der Waals surface area contributed by atoms with Gasteiger partial charge in [-0.3, -0.25) is 4.98 Å². The zero-order valence-electron chi connectivity index (χ0n) is 10.4. The van der Waals surface area contributed by atoms with Crippen molar-refractivity contribution in [2.24, 2.45) is 0 Å². The van der Waals surface area contributed by atoms with Gasteiger partial charge >= 0.3 is 0 Å². The van der Waals surface area contributed by atoms with Gasteiger partial charge in [0.25, 0.3) is 0 Å². The maximum atomic E-state index is 4.57. The number of nitrogens with zero attached hydrogens (tertiary/aromatic N) is 3. The SMILES string of the molecule is CNc1cncc(N2CCCc3ccccc32)n1. The molecule has 0 bridgehead atoms. The van der Waals surface area contributed by atoms with Crippen LogP contribution in [0.5, 0.6) is 0 Å². The quantitative estimate of drug-likeness (QED) is 0.876. The van der Waals surface area contributed by atoms with E-state index in [0.29, 0.717) is 0 Å². The zero-order valence-corrected chi connectivity index (χ0v) is 10.4. The Balaban J connectivity index is 2.02. The first-order valence-electron chi connectivity index (χ1n) is 6.24. The van der Waals surface area contributed by atoms with Crippen LogP contribution >= 0.6 is 0 Å². The number of fused-ring (bicyclic) bond motifs is 1. The zero-order chi connectivity index (χ0) is 12.4. The molecular formula is C14H16N4. The minimum Gasteiger partial charge on any atom is -0.372 e. The van der Waals surface area contributed by atoms with Gasteiger partial charge in [0.05, 0.1) is 12.4 Å². The van der Waals surface area contributed by atoms with E-state index in [9.17, 15) is 0 Å². The molecule has 1 aromatic carbocycles. The van der Waals surface area contributed by atoms with E-state index in [0.717, 1.165) is 31.0 Å². The predicted molar refractivity (Wildman–Crippen MR) is 73.3 cm³/mol. The molecule has 4 heteroatoms. The summed E-state index contributed by atoms with van der Waals surface area (Å²) in [7, 11) is 1.86. The van der Waals surface area contributed by atoms with E-state index in [1.54, 1.807) is 6.20 Å². The van der Waals surface area contributed by atoms with Crippen molar-refractivity contribution < 1.29 is 0 Å². The van der Waals surface area contributed by atoms with Crippen LogP contribution in [0.1, 0.15) is 12.0 Å². The second-order valence-corrected chi connectivity index (χ2v) is 4.40. The molecule has 1 aliphatic heterocycles. The van der Waals surface area contributed by atoms with Gasteiger partial charge in [-0.2, -0.15) is 0 Å². The van der Waals surface area contributed by atoms with Crippen LogP contribution in [0.2, 0.25) is 0 Å². The van der Waals surface area contributed by atoms with Crippen LogP contribution in [0.4, 0.5) is 17.3 Å². The molecule has 1 aliphatic rings. The average molecular weight is 240 g/mol. The van der Waals surface area contributed by atoms with E-state index in [1.165, 1.54) is 11.3 Å². The number of aryl methyl sites for hydroxylation is 1. The van der Waals surface area contributed by atoms with Gasteiger partial charge in [0, 0.05) is 19.3 Å². The number of rotatable bonds is 2. The molecule has 0 amide bonds. The van der Waals surface area contributed by atoms with E-state index in [1.807, 2.05) is 13.2 Å². The van der Waals surface area contributed by atoms with Crippen molar-refractivity contribution in [1.29, 1.82) is 0 Å². The molecule has 4 nitrogen and oxygen atoms in total. The van der Waals surface area contributed by atoms with Crippen molar-refractivity contribution in [1.82, 2.24) is 9.97 Å². The lowest BCUT2D eigenvalue weighted by Gasteiger charge is -2.30. The van der Waals surface area contributed by atoms with E-state index < -0.39 is 0 Å². The maximum absolute atomic E-state index is 4.57. The van der Waals surface area contributed by atoms with Crippen molar-refractivity contribution in [2.45, 2.75) is 12.8 Å². The molecule has 18 heavy (non-hydrogen) atoms. The van der Waals surface area contributed by atoms with Gasteiger partial charge in [-0.25, -0.2) is 4.98 Å². The van der Waals surface area contributed by atoms with Crippen molar-refractivity contribution in [3.63, 3.8) is 0 Å². The van der Waals surface area contributed by atoms with Crippen LogP contribution in [-0.4, -0.2) is 23.6 Å². The van der Waals surface area contributed by atoms with E-state index in [-0.39, 0.29) is 0 Å². The highest BCUT2D eigenvalue weighted by molar-refractivity contribution is 5.65. The molecule has 0 aliphatic carbocycles. The summed E-state index contributed by atoms with van der Waals surface area (Å²) < 4.78 is 0. The number of hydrogen-bond donors (Lipinski definition) is 1. The summed E-state index contributed by atoms with van der Waals surface area (Å²) in [5.74, 6) is 1.71. The summed E-state index contributed by atoms with van der Waals surface area (Å²) in [5, 5.41) is 3.03. The van der Waals surface area contributed by atoms with Gasteiger partial charge in [-0.15, -0.1) is 0 Å². The van der Waals surface area contributed by atoms with Crippen molar-refractivity contribution >= 4 is 17.3 Å². The Labute approximate surface area is 107 Å². The molecule has 3 rings (SSSR count). The lowest BCUT2D eigenvalue weighted by atomic mass is 10.0. The Hall–Kier alpha value is -2.10. The van der Waals surface area contributed by atoms with Gasteiger partial charge < -0.3 is 10.2 Å². The lowest BCUT2D eigenvalue weighted by Crippen LogP contribution is -2.25. The van der Waals surface area contributed by atoms with E-state index >= 15 is 0 Å². The second-order valence-electron chi connectivity index (χ2n) is 4.40. The first kappa shape index (κ1) is 11.0. The fourth-order valence-corrected chi connectivity index (χ4v) is 2.38. The molecule has 0 spiro atoms. The monoisotopic (exact) mass is 240 g/mol. The fraction of sp³-hybridized carbons (Fsp3) is 0.286. The molecule has 2 aromatic rings. The Morgan fingerprint density at radius 1 is 1.22 bits per heavy atom. The molecule has 0 fully saturated rings. The molecule has 0 saturated heterocycles. The first-order valence-corrected chi connectivity index (χ1v) is 6.24. The molecular weight excluding hydrogens is 224 g/mol. The fourth-order valence-electron chi connectivity index (χ4n) is 2.38. The summed E-state index contributed by atoms with van der Waals surface area (Å²) in [6.07, 6.45) is 5.86. The third kappa shape index (κ3) is 1.90. The minimum atomic E-state index is 0.801. The summed E-state index contributed by atoms with van der Waals surface area (Å²) >= 11 is 0. The van der Waals surface area contributed by atoms with Crippen LogP contribution < -0.4 is 10.2 Å². The molecule has 0 saturated carbocycles. The minimum absolute atomic E-state index is 0.801. The second kappa shape index (κ2) is 4.64. The van der Waals surface area contributed by atoms with Gasteiger partial charge in [-0.05, 0) is 24.5 Å².